The Labute approximate surface area is 95.2 Å². The summed E-state index contributed by atoms with van der Waals surface area (Å²) in [7, 11) is 2.01. The lowest BCUT2D eigenvalue weighted by Crippen LogP contribution is -2.51. The highest BCUT2D eigenvalue weighted by Gasteiger charge is 2.34. The molecule has 1 aliphatic rings. The van der Waals surface area contributed by atoms with Crippen LogP contribution in [-0.4, -0.2) is 25.7 Å². The Kier molecular flexibility index (Phi) is 4.19. The first-order valence-electron chi connectivity index (χ1n) is 6.27. The van der Waals surface area contributed by atoms with E-state index in [1.54, 1.807) is 0 Å². The fourth-order valence-electron chi connectivity index (χ4n) is 2.31. The van der Waals surface area contributed by atoms with Gasteiger partial charge in [0.05, 0.1) is 0 Å². The van der Waals surface area contributed by atoms with Crippen molar-refractivity contribution in [2.75, 3.05) is 20.1 Å². The Hall–Kier alpha value is -0.0800. The van der Waals surface area contributed by atoms with Crippen molar-refractivity contribution >= 4 is 0 Å². The molecule has 0 bridgehead atoms. The van der Waals surface area contributed by atoms with Gasteiger partial charge in [0.1, 0.15) is 0 Å². The normalized spacial score (nSPS) is 19.0. The average molecular weight is 212 g/mol. The van der Waals surface area contributed by atoms with Crippen LogP contribution >= 0.6 is 0 Å². The van der Waals surface area contributed by atoms with Gasteiger partial charge in [-0.3, -0.25) is 0 Å². The Morgan fingerprint density at radius 3 is 2.07 bits per heavy atom. The number of nitrogens with one attached hydrogen (secondary N) is 2. The standard InChI is InChI=1S/C13H28N2/c1-12(2,11-7-6-8-11)9-15-13(3,4)10-14-5/h11,14-15H,6-10H2,1-5H3. The van der Waals surface area contributed by atoms with Crippen LogP contribution in [0.4, 0.5) is 0 Å². The molecule has 0 aromatic carbocycles. The smallest absolute Gasteiger partial charge is 0.0249 e. The average Bonchev–Trinajstić information content (AvgIpc) is 1.97. The maximum Gasteiger partial charge on any atom is 0.0249 e. The van der Waals surface area contributed by atoms with Gasteiger partial charge in [-0.25, -0.2) is 0 Å². The van der Waals surface area contributed by atoms with E-state index in [0.717, 1.165) is 19.0 Å². The summed E-state index contributed by atoms with van der Waals surface area (Å²) in [6.45, 7) is 11.5. The Morgan fingerprint density at radius 2 is 1.67 bits per heavy atom. The van der Waals surface area contributed by atoms with Gasteiger partial charge in [0.2, 0.25) is 0 Å². The molecule has 0 radical (unpaired) electrons. The second-order valence-electron chi connectivity index (χ2n) is 6.38. The van der Waals surface area contributed by atoms with Gasteiger partial charge >= 0.3 is 0 Å². The molecule has 0 spiro atoms. The van der Waals surface area contributed by atoms with Crippen LogP contribution in [0.25, 0.3) is 0 Å². The van der Waals surface area contributed by atoms with E-state index in [1.165, 1.54) is 19.3 Å². The molecular weight excluding hydrogens is 184 g/mol. The highest BCUT2D eigenvalue weighted by atomic mass is 15.0. The second-order valence-corrected chi connectivity index (χ2v) is 6.38. The lowest BCUT2D eigenvalue weighted by atomic mass is 9.67. The summed E-state index contributed by atoms with van der Waals surface area (Å²) in [4.78, 5) is 0. The van der Waals surface area contributed by atoms with Crippen LogP contribution in [0.15, 0.2) is 0 Å². The summed E-state index contributed by atoms with van der Waals surface area (Å²) in [6.07, 6.45) is 4.30. The molecule has 1 aliphatic carbocycles. The van der Waals surface area contributed by atoms with E-state index in [1.807, 2.05) is 7.05 Å². The van der Waals surface area contributed by atoms with Crippen LogP contribution in [0.5, 0.6) is 0 Å². The molecule has 0 heterocycles. The molecule has 1 rings (SSSR count). The van der Waals surface area contributed by atoms with E-state index in [0.29, 0.717) is 5.41 Å². The molecule has 2 heteroatoms. The Bertz CT molecular complexity index is 193. The lowest BCUT2D eigenvalue weighted by molar-refractivity contribution is 0.109. The number of rotatable bonds is 6. The van der Waals surface area contributed by atoms with Crippen molar-refractivity contribution in [3.05, 3.63) is 0 Å². The summed E-state index contributed by atoms with van der Waals surface area (Å²) in [6, 6.07) is 0. The Morgan fingerprint density at radius 1 is 1.07 bits per heavy atom. The van der Waals surface area contributed by atoms with Gasteiger partial charge in [0.25, 0.3) is 0 Å². The predicted octanol–water partition coefficient (Wildman–Crippen LogP) is 2.40. The summed E-state index contributed by atoms with van der Waals surface area (Å²) in [5, 5.41) is 6.93. The van der Waals surface area contributed by atoms with Gasteiger partial charge in [-0.15, -0.1) is 0 Å². The van der Waals surface area contributed by atoms with E-state index in [-0.39, 0.29) is 5.54 Å². The van der Waals surface area contributed by atoms with Crippen LogP contribution in [0, 0.1) is 11.3 Å². The molecule has 0 atom stereocenters. The van der Waals surface area contributed by atoms with Crippen molar-refractivity contribution in [3.8, 4) is 0 Å². The molecule has 2 N–H and O–H groups in total. The van der Waals surface area contributed by atoms with Crippen molar-refractivity contribution in [1.29, 1.82) is 0 Å². The van der Waals surface area contributed by atoms with Gasteiger partial charge in [-0.05, 0) is 45.1 Å². The second kappa shape index (κ2) is 4.84. The minimum atomic E-state index is 0.204. The van der Waals surface area contributed by atoms with Crippen LogP contribution in [0.2, 0.25) is 0 Å². The minimum absolute atomic E-state index is 0.204. The van der Waals surface area contributed by atoms with Crippen molar-refractivity contribution < 1.29 is 0 Å². The maximum atomic E-state index is 3.69. The zero-order chi connectivity index (χ0) is 11.5. The zero-order valence-corrected chi connectivity index (χ0v) is 11.1. The molecule has 15 heavy (non-hydrogen) atoms. The van der Waals surface area contributed by atoms with Crippen LogP contribution in [0.1, 0.15) is 47.0 Å². The van der Waals surface area contributed by atoms with Gasteiger partial charge in [0.15, 0.2) is 0 Å². The fourth-order valence-corrected chi connectivity index (χ4v) is 2.31. The topological polar surface area (TPSA) is 24.1 Å². The first-order chi connectivity index (χ1) is 6.87. The summed E-state index contributed by atoms with van der Waals surface area (Å²) in [5.74, 6) is 0.940. The van der Waals surface area contributed by atoms with Crippen molar-refractivity contribution in [2.45, 2.75) is 52.5 Å². The Balaban J connectivity index is 2.34. The number of likely N-dealkylation sites (N-methyl/N-ethyl adjacent to an activating group) is 1. The van der Waals surface area contributed by atoms with E-state index >= 15 is 0 Å². The minimum Gasteiger partial charge on any atom is -0.318 e. The largest absolute Gasteiger partial charge is 0.318 e. The summed E-state index contributed by atoms with van der Waals surface area (Å²) in [5.41, 5.74) is 0.666. The van der Waals surface area contributed by atoms with E-state index in [4.69, 9.17) is 0 Å². The van der Waals surface area contributed by atoms with Crippen LogP contribution < -0.4 is 10.6 Å². The van der Waals surface area contributed by atoms with Crippen LogP contribution in [-0.2, 0) is 0 Å². The molecule has 0 aromatic heterocycles. The molecule has 1 saturated carbocycles. The summed E-state index contributed by atoms with van der Waals surface area (Å²) < 4.78 is 0. The molecule has 0 saturated heterocycles. The zero-order valence-electron chi connectivity index (χ0n) is 11.1. The summed E-state index contributed by atoms with van der Waals surface area (Å²) >= 11 is 0. The van der Waals surface area contributed by atoms with Crippen LogP contribution in [0.3, 0.4) is 0 Å². The SMILES string of the molecule is CNCC(C)(C)NCC(C)(C)C1CCC1. The molecule has 0 aromatic rings. The maximum absolute atomic E-state index is 3.69. The van der Waals surface area contributed by atoms with Gasteiger partial charge in [-0.2, -0.15) is 0 Å². The lowest BCUT2D eigenvalue weighted by Gasteiger charge is -2.42. The third-order valence-corrected chi connectivity index (χ3v) is 3.85. The highest BCUT2D eigenvalue weighted by Crippen LogP contribution is 2.41. The van der Waals surface area contributed by atoms with Crippen molar-refractivity contribution in [1.82, 2.24) is 10.6 Å². The number of hydrogen-bond donors (Lipinski definition) is 2. The van der Waals surface area contributed by atoms with Gasteiger partial charge in [-0.1, -0.05) is 20.3 Å². The monoisotopic (exact) mass is 212 g/mol. The molecular formula is C13H28N2. The molecule has 90 valence electrons. The van der Waals surface area contributed by atoms with E-state index in [9.17, 15) is 0 Å². The number of hydrogen-bond acceptors (Lipinski definition) is 2. The van der Waals surface area contributed by atoms with Crippen molar-refractivity contribution in [2.24, 2.45) is 11.3 Å². The third-order valence-electron chi connectivity index (χ3n) is 3.85. The van der Waals surface area contributed by atoms with E-state index in [2.05, 4.69) is 38.3 Å². The molecule has 0 aliphatic heterocycles. The molecule has 0 unspecified atom stereocenters. The third kappa shape index (κ3) is 3.76. The first kappa shape index (κ1) is 13.0. The molecule has 2 nitrogen and oxygen atoms in total. The molecule has 1 fully saturated rings. The van der Waals surface area contributed by atoms with E-state index < -0.39 is 0 Å². The first-order valence-corrected chi connectivity index (χ1v) is 6.27. The van der Waals surface area contributed by atoms with Gasteiger partial charge in [0, 0.05) is 18.6 Å². The van der Waals surface area contributed by atoms with Gasteiger partial charge < -0.3 is 10.6 Å². The van der Waals surface area contributed by atoms with Crippen molar-refractivity contribution in [3.63, 3.8) is 0 Å². The quantitative estimate of drug-likeness (QED) is 0.706. The highest BCUT2D eigenvalue weighted by molar-refractivity contribution is 4.89. The fraction of sp³-hybridized carbons (Fsp3) is 1.00. The predicted molar refractivity (Wildman–Crippen MR) is 67.1 cm³/mol. The molecule has 0 amide bonds.